The summed E-state index contributed by atoms with van der Waals surface area (Å²) in [6.07, 6.45) is 1.78. The summed E-state index contributed by atoms with van der Waals surface area (Å²) < 4.78 is 31.7. The van der Waals surface area contributed by atoms with Crippen LogP contribution < -0.4 is 5.32 Å². The number of sulfonamides is 1. The second kappa shape index (κ2) is 10.4. The molecule has 1 aromatic rings. The monoisotopic (exact) mass is 398 g/mol. The Morgan fingerprint density at radius 3 is 2.37 bits per heavy atom. The molecule has 0 saturated carbocycles. The van der Waals surface area contributed by atoms with E-state index in [1.54, 1.807) is 26.8 Å². The average Bonchev–Trinajstić information content (AvgIpc) is 2.60. The summed E-state index contributed by atoms with van der Waals surface area (Å²) in [7, 11) is -3.68. The average molecular weight is 399 g/mol. The lowest BCUT2D eigenvalue weighted by atomic mass is 10.1. The molecule has 0 aliphatic rings. The van der Waals surface area contributed by atoms with Crippen LogP contribution in [0.3, 0.4) is 0 Å². The summed E-state index contributed by atoms with van der Waals surface area (Å²) in [5, 5.41) is 2.75. The van der Waals surface area contributed by atoms with E-state index in [2.05, 4.69) is 5.32 Å². The molecule has 8 heteroatoms. The molecule has 0 aliphatic heterocycles. The van der Waals surface area contributed by atoms with Gasteiger partial charge in [-0.3, -0.25) is 4.79 Å². The SMILES string of the molecule is CCC[C@H](C)NC(=O)COC(=O)c1cc(S(=O)(=O)N(CC)CC)ccc1C. The lowest BCUT2D eigenvalue weighted by Crippen LogP contribution is -2.35. The Morgan fingerprint density at radius 2 is 1.81 bits per heavy atom. The number of carbonyl (C=O) groups excluding carboxylic acids is 2. The minimum Gasteiger partial charge on any atom is -0.452 e. The van der Waals surface area contributed by atoms with Gasteiger partial charge >= 0.3 is 5.97 Å². The third-order valence-electron chi connectivity index (χ3n) is 4.24. The molecule has 0 unspecified atom stereocenters. The molecule has 7 nitrogen and oxygen atoms in total. The Kier molecular flexibility index (Phi) is 8.92. The number of benzene rings is 1. The maximum atomic E-state index is 12.6. The van der Waals surface area contributed by atoms with Crippen LogP contribution in [0.1, 0.15) is 56.5 Å². The van der Waals surface area contributed by atoms with Crippen molar-refractivity contribution in [1.82, 2.24) is 9.62 Å². The van der Waals surface area contributed by atoms with E-state index in [0.29, 0.717) is 18.7 Å². The minimum atomic E-state index is -3.68. The molecule has 1 N–H and O–H groups in total. The molecule has 1 rings (SSSR count). The van der Waals surface area contributed by atoms with E-state index in [0.717, 1.165) is 12.8 Å². The summed E-state index contributed by atoms with van der Waals surface area (Å²) in [5.74, 6) is -1.10. The van der Waals surface area contributed by atoms with Crippen LogP contribution in [0.2, 0.25) is 0 Å². The van der Waals surface area contributed by atoms with Crippen LogP contribution >= 0.6 is 0 Å². The van der Waals surface area contributed by atoms with Crippen molar-refractivity contribution >= 4 is 21.9 Å². The molecule has 0 fully saturated rings. The first kappa shape index (κ1) is 23.1. The zero-order valence-electron chi connectivity index (χ0n) is 16.7. The van der Waals surface area contributed by atoms with Crippen LogP contribution in [0.4, 0.5) is 0 Å². The van der Waals surface area contributed by atoms with Crippen LogP contribution in [0.15, 0.2) is 23.1 Å². The van der Waals surface area contributed by atoms with Gasteiger partial charge in [-0.05, 0) is 38.0 Å². The second-order valence-corrected chi connectivity index (χ2v) is 8.34. The maximum absolute atomic E-state index is 12.6. The highest BCUT2D eigenvalue weighted by Crippen LogP contribution is 2.20. The van der Waals surface area contributed by atoms with Gasteiger partial charge in [0.05, 0.1) is 10.5 Å². The Bertz CT molecular complexity index is 757. The van der Waals surface area contributed by atoms with Crippen molar-refractivity contribution in [1.29, 1.82) is 0 Å². The molecule has 0 spiro atoms. The molecule has 0 radical (unpaired) electrons. The van der Waals surface area contributed by atoms with Gasteiger partial charge in [-0.2, -0.15) is 4.31 Å². The molecule has 1 aromatic carbocycles. The number of esters is 1. The van der Waals surface area contributed by atoms with Crippen LogP contribution in [0, 0.1) is 6.92 Å². The van der Waals surface area contributed by atoms with Crippen molar-refractivity contribution in [3.8, 4) is 0 Å². The molecule has 0 aromatic heterocycles. The predicted molar refractivity (Wildman–Crippen MR) is 104 cm³/mol. The molecule has 27 heavy (non-hydrogen) atoms. The van der Waals surface area contributed by atoms with Crippen molar-refractivity contribution in [2.45, 2.75) is 58.4 Å². The highest BCUT2D eigenvalue weighted by molar-refractivity contribution is 7.89. The van der Waals surface area contributed by atoms with Gasteiger partial charge in [0.2, 0.25) is 10.0 Å². The van der Waals surface area contributed by atoms with Gasteiger partial charge in [-0.25, -0.2) is 13.2 Å². The molecule has 0 bridgehead atoms. The smallest absolute Gasteiger partial charge is 0.338 e. The first-order valence-corrected chi connectivity index (χ1v) is 10.7. The number of hydrogen-bond acceptors (Lipinski definition) is 5. The third-order valence-corrected chi connectivity index (χ3v) is 6.28. The fraction of sp³-hybridized carbons (Fsp3) is 0.579. The highest BCUT2D eigenvalue weighted by Gasteiger charge is 2.24. The van der Waals surface area contributed by atoms with Crippen molar-refractivity contribution in [2.24, 2.45) is 0 Å². The van der Waals surface area contributed by atoms with Crippen LogP contribution in [0.25, 0.3) is 0 Å². The van der Waals surface area contributed by atoms with E-state index in [1.165, 1.54) is 16.4 Å². The number of nitrogens with one attached hydrogen (secondary N) is 1. The Morgan fingerprint density at radius 1 is 1.19 bits per heavy atom. The molecule has 0 heterocycles. The maximum Gasteiger partial charge on any atom is 0.338 e. The molecular formula is C19H30N2O5S. The number of amides is 1. The fourth-order valence-corrected chi connectivity index (χ4v) is 4.21. The fourth-order valence-electron chi connectivity index (χ4n) is 2.72. The summed E-state index contributed by atoms with van der Waals surface area (Å²) >= 11 is 0. The first-order chi connectivity index (χ1) is 12.7. The van der Waals surface area contributed by atoms with Crippen LogP contribution in [-0.2, 0) is 19.6 Å². The normalized spacial score (nSPS) is 12.7. The van der Waals surface area contributed by atoms with E-state index >= 15 is 0 Å². The second-order valence-electron chi connectivity index (χ2n) is 6.40. The Hall–Kier alpha value is -1.93. The highest BCUT2D eigenvalue weighted by atomic mass is 32.2. The first-order valence-electron chi connectivity index (χ1n) is 9.24. The third kappa shape index (κ3) is 6.32. The topological polar surface area (TPSA) is 92.8 Å². The van der Waals surface area contributed by atoms with Gasteiger partial charge in [-0.1, -0.05) is 33.3 Å². The lowest BCUT2D eigenvalue weighted by molar-refractivity contribution is -0.124. The summed E-state index contributed by atoms with van der Waals surface area (Å²) in [6.45, 7) is 9.36. The zero-order chi connectivity index (χ0) is 20.6. The van der Waals surface area contributed by atoms with Crippen molar-refractivity contribution in [3.63, 3.8) is 0 Å². The van der Waals surface area contributed by atoms with E-state index < -0.39 is 22.6 Å². The number of hydrogen-bond donors (Lipinski definition) is 1. The minimum absolute atomic E-state index is 0.00507. The molecule has 0 saturated heterocycles. The summed E-state index contributed by atoms with van der Waals surface area (Å²) in [4.78, 5) is 24.2. The number of ether oxygens (including phenoxy) is 1. The molecule has 1 atom stereocenters. The lowest BCUT2D eigenvalue weighted by Gasteiger charge is -2.19. The van der Waals surface area contributed by atoms with Crippen LogP contribution in [-0.4, -0.2) is 50.3 Å². The van der Waals surface area contributed by atoms with Gasteiger partial charge in [0.25, 0.3) is 5.91 Å². The van der Waals surface area contributed by atoms with E-state index in [-0.39, 0.29) is 22.4 Å². The van der Waals surface area contributed by atoms with Gasteiger partial charge in [0.1, 0.15) is 0 Å². The van der Waals surface area contributed by atoms with E-state index in [1.807, 2.05) is 13.8 Å². The summed E-state index contributed by atoms with van der Waals surface area (Å²) in [5.41, 5.74) is 0.718. The summed E-state index contributed by atoms with van der Waals surface area (Å²) in [6, 6.07) is 4.35. The van der Waals surface area contributed by atoms with E-state index in [9.17, 15) is 18.0 Å². The van der Waals surface area contributed by atoms with Crippen molar-refractivity contribution in [3.05, 3.63) is 29.3 Å². The van der Waals surface area contributed by atoms with Gasteiger partial charge in [0.15, 0.2) is 6.61 Å². The molecule has 1 amide bonds. The van der Waals surface area contributed by atoms with Crippen molar-refractivity contribution in [2.75, 3.05) is 19.7 Å². The standard InChI is InChI=1S/C19H30N2O5S/c1-6-9-15(5)20-18(22)13-26-19(23)17-12-16(11-10-14(17)4)27(24,25)21(7-2)8-3/h10-12,15H,6-9,13H2,1-5H3,(H,20,22)/t15-/m0/s1. The number of carbonyl (C=O) groups is 2. The van der Waals surface area contributed by atoms with Gasteiger partial charge in [-0.15, -0.1) is 0 Å². The Balaban J connectivity index is 2.91. The van der Waals surface area contributed by atoms with Gasteiger partial charge in [0, 0.05) is 19.1 Å². The van der Waals surface area contributed by atoms with Crippen LogP contribution in [0.5, 0.6) is 0 Å². The number of rotatable bonds is 10. The predicted octanol–water partition coefficient (Wildman–Crippen LogP) is 2.49. The largest absolute Gasteiger partial charge is 0.452 e. The molecule has 152 valence electrons. The zero-order valence-corrected chi connectivity index (χ0v) is 17.6. The van der Waals surface area contributed by atoms with Crippen molar-refractivity contribution < 1.29 is 22.7 Å². The quantitative estimate of drug-likeness (QED) is 0.611. The number of aryl methyl sites for hydroxylation is 1. The Labute approximate surface area is 162 Å². The van der Waals surface area contributed by atoms with Gasteiger partial charge < -0.3 is 10.1 Å². The molecule has 0 aliphatic carbocycles. The molecular weight excluding hydrogens is 368 g/mol. The van der Waals surface area contributed by atoms with E-state index in [4.69, 9.17) is 4.74 Å². The number of nitrogens with zero attached hydrogens (tertiary/aromatic N) is 1.